The van der Waals surface area contributed by atoms with Gasteiger partial charge in [0.2, 0.25) is 0 Å². The zero-order valence-electron chi connectivity index (χ0n) is 8.17. The summed E-state index contributed by atoms with van der Waals surface area (Å²) in [6, 6.07) is 7.20. The third-order valence-corrected chi connectivity index (χ3v) is 1.37. The molecule has 80 valence electrons. The summed E-state index contributed by atoms with van der Waals surface area (Å²) in [4.78, 5) is 7.52. The van der Waals surface area contributed by atoms with Gasteiger partial charge in [-0.1, -0.05) is 0 Å². The molecule has 0 saturated carbocycles. The normalized spacial score (nSPS) is 8.00. The molecular weight excluding hydrogens is 192 g/mol. The molecular formula is C10H14N4O. The van der Waals surface area contributed by atoms with Crippen molar-refractivity contribution in [2.24, 2.45) is 0 Å². The predicted octanol–water partition coefficient (Wildman–Crippen LogP) is 0.503. The minimum atomic E-state index is 0. The molecule has 2 rings (SSSR count). The summed E-state index contributed by atoms with van der Waals surface area (Å²) in [7, 11) is 0. The molecule has 2 aromatic rings. The first-order valence-electron chi connectivity index (χ1n) is 4.10. The van der Waals surface area contributed by atoms with E-state index in [2.05, 4.69) is 9.97 Å². The van der Waals surface area contributed by atoms with E-state index in [0.29, 0.717) is 11.4 Å². The highest BCUT2D eigenvalue weighted by molar-refractivity contribution is 5.32. The molecule has 0 atom stereocenters. The summed E-state index contributed by atoms with van der Waals surface area (Å²) in [5, 5.41) is 0. The maximum Gasteiger partial charge on any atom is 0.0500 e. The molecule has 0 aliphatic heterocycles. The second kappa shape index (κ2) is 7.28. The van der Waals surface area contributed by atoms with Crippen LogP contribution in [0.1, 0.15) is 0 Å². The van der Waals surface area contributed by atoms with Crippen molar-refractivity contribution in [3.63, 3.8) is 0 Å². The molecule has 0 aliphatic rings. The molecule has 2 aromatic heterocycles. The van der Waals surface area contributed by atoms with Crippen molar-refractivity contribution in [2.75, 3.05) is 11.5 Å². The zero-order chi connectivity index (χ0) is 10.2. The average molecular weight is 206 g/mol. The number of aromatic nitrogens is 2. The lowest BCUT2D eigenvalue weighted by Gasteiger charge is -1.83. The summed E-state index contributed by atoms with van der Waals surface area (Å²) in [5.41, 5.74) is 12.0. The number of rotatable bonds is 0. The van der Waals surface area contributed by atoms with Crippen LogP contribution in [0.4, 0.5) is 11.4 Å². The van der Waals surface area contributed by atoms with Gasteiger partial charge in [-0.05, 0) is 24.3 Å². The van der Waals surface area contributed by atoms with Gasteiger partial charge in [-0.15, -0.1) is 0 Å². The summed E-state index contributed by atoms with van der Waals surface area (Å²) in [5.74, 6) is 0. The molecule has 0 aromatic carbocycles. The Morgan fingerprint density at radius 3 is 1.33 bits per heavy atom. The van der Waals surface area contributed by atoms with Crippen LogP contribution in [0, 0.1) is 0 Å². The molecule has 6 N–H and O–H groups in total. The maximum atomic E-state index is 5.30. The van der Waals surface area contributed by atoms with Gasteiger partial charge in [0.1, 0.15) is 0 Å². The van der Waals surface area contributed by atoms with E-state index in [1.54, 1.807) is 49.1 Å². The number of hydrogen-bond acceptors (Lipinski definition) is 4. The lowest BCUT2D eigenvalue weighted by atomic mass is 10.4. The van der Waals surface area contributed by atoms with Gasteiger partial charge in [-0.2, -0.15) is 0 Å². The number of hydrogen-bond donors (Lipinski definition) is 2. The Morgan fingerprint density at radius 1 is 0.800 bits per heavy atom. The van der Waals surface area contributed by atoms with Gasteiger partial charge in [0.15, 0.2) is 0 Å². The van der Waals surface area contributed by atoms with Crippen molar-refractivity contribution in [3.05, 3.63) is 49.1 Å². The molecule has 15 heavy (non-hydrogen) atoms. The van der Waals surface area contributed by atoms with E-state index in [4.69, 9.17) is 11.5 Å². The lowest BCUT2D eigenvalue weighted by Crippen LogP contribution is -1.82. The van der Waals surface area contributed by atoms with Crippen LogP contribution in [0.3, 0.4) is 0 Å². The molecule has 0 spiro atoms. The highest BCUT2D eigenvalue weighted by atomic mass is 16.0. The summed E-state index contributed by atoms with van der Waals surface area (Å²) < 4.78 is 0. The molecule has 0 amide bonds. The summed E-state index contributed by atoms with van der Waals surface area (Å²) in [6.45, 7) is 0. The molecule has 0 unspecified atom stereocenters. The topological polar surface area (TPSA) is 109 Å². The second-order valence-corrected chi connectivity index (χ2v) is 2.57. The van der Waals surface area contributed by atoms with Crippen LogP contribution in [-0.2, 0) is 0 Å². The van der Waals surface area contributed by atoms with Gasteiger partial charge in [0.25, 0.3) is 0 Å². The molecule has 2 heterocycles. The van der Waals surface area contributed by atoms with Crippen molar-refractivity contribution in [1.29, 1.82) is 0 Å². The van der Waals surface area contributed by atoms with E-state index in [0.717, 1.165) is 0 Å². The largest absolute Gasteiger partial charge is 0.412 e. The molecule has 0 fully saturated rings. The Morgan fingerprint density at radius 2 is 1.20 bits per heavy atom. The predicted molar refractivity (Wildman–Crippen MR) is 60.9 cm³/mol. The minimum Gasteiger partial charge on any atom is -0.412 e. The van der Waals surface area contributed by atoms with Crippen molar-refractivity contribution >= 4 is 11.4 Å². The van der Waals surface area contributed by atoms with Gasteiger partial charge in [0, 0.05) is 24.8 Å². The van der Waals surface area contributed by atoms with Gasteiger partial charge in [-0.3, -0.25) is 9.97 Å². The van der Waals surface area contributed by atoms with Crippen molar-refractivity contribution in [3.8, 4) is 0 Å². The van der Waals surface area contributed by atoms with Crippen LogP contribution in [0.2, 0.25) is 0 Å². The summed E-state index contributed by atoms with van der Waals surface area (Å²) >= 11 is 0. The van der Waals surface area contributed by atoms with Gasteiger partial charge in [-0.25, -0.2) is 0 Å². The highest BCUT2D eigenvalue weighted by Gasteiger charge is 1.74. The van der Waals surface area contributed by atoms with Crippen molar-refractivity contribution in [1.82, 2.24) is 9.97 Å². The number of nitrogens with two attached hydrogens (primary N) is 2. The van der Waals surface area contributed by atoms with Crippen molar-refractivity contribution < 1.29 is 5.48 Å². The van der Waals surface area contributed by atoms with Crippen LogP contribution in [0.25, 0.3) is 0 Å². The zero-order valence-corrected chi connectivity index (χ0v) is 8.17. The van der Waals surface area contributed by atoms with E-state index in [1.807, 2.05) is 0 Å². The van der Waals surface area contributed by atoms with Gasteiger partial charge in [0.05, 0.1) is 11.4 Å². The first-order chi connectivity index (χ1) is 6.79. The third kappa shape index (κ3) is 6.00. The Hall–Kier alpha value is -2.14. The highest BCUT2D eigenvalue weighted by Crippen LogP contribution is 1.92. The lowest BCUT2D eigenvalue weighted by molar-refractivity contribution is 0.824. The molecule has 0 radical (unpaired) electrons. The number of anilines is 2. The number of nitrogens with zero attached hydrogens (tertiary/aromatic N) is 2. The SMILES string of the molecule is Nc1cccnc1.Nc1cccnc1.O. The van der Waals surface area contributed by atoms with E-state index >= 15 is 0 Å². The van der Waals surface area contributed by atoms with Crippen LogP contribution >= 0.6 is 0 Å². The maximum absolute atomic E-state index is 5.30. The first-order valence-corrected chi connectivity index (χ1v) is 4.10. The fourth-order valence-corrected chi connectivity index (χ4v) is 0.752. The second-order valence-electron chi connectivity index (χ2n) is 2.57. The fraction of sp³-hybridized carbons (Fsp3) is 0. The molecule has 5 nitrogen and oxygen atoms in total. The van der Waals surface area contributed by atoms with Crippen LogP contribution in [0.15, 0.2) is 49.1 Å². The van der Waals surface area contributed by atoms with E-state index in [-0.39, 0.29) is 5.48 Å². The van der Waals surface area contributed by atoms with Gasteiger partial charge >= 0.3 is 0 Å². The van der Waals surface area contributed by atoms with Crippen LogP contribution in [-0.4, -0.2) is 15.4 Å². The fourth-order valence-electron chi connectivity index (χ4n) is 0.752. The van der Waals surface area contributed by atoms with Gasteiger partial charge < -0.3 is 16.9 Å². The van der Waals surface area contributed by atoms with E-state index < -0.39 is 0 Å². The van der Waals surface area contributed by atoms with Crippen molar-refractivity contribution in [2.45, 2.75) is 0 Å². The quantitative estimate of drug-likeness (QED) is 0.654. The Bertz CT molecular complexity index is 315. The first kappa shape index (κ1) is 12.9. The molecule has 0 bridgehead atoms. The summed E-state index contributed by atoms with van der Waals surface area (Å²) in [6.07, 6.45) is 6.60. The molecule has 5 heteroatoms. The monoisotopic (exact) mass is 206 g/mol. The molecule has 0 saturated heterocycles. The Kier molecular flexibility index (Phi) is 6.24. The number of nitrogen functional groups attached to an aromatic ring is 2. The number of pyridine rings is 2. The average Bonchev–Trinajstić information content (AvgIpc) is 2.21. The minimum absolute atomic E-state index is 0. The Balaban J connectivity index is 0.000000245. The standard InChI is InChI=1S/2C5H6N2.H2O/c2*6-5-2-1-3-7-4-5;/h2*1-4H,6H2;1H2. The molecule has 0 aliphatic carbocycles. The van der Waals surface area contributed by atoms with E-state index in [9.17, 15) is 0 Å². The third-order valence-electron chi connectivity index (χ3n) is 1.37. The van der Waals surface area contributed by atoms with Crippen LogP contribution in [0.5, 0.6) is 0 Å². The van der Waals surface area contributed by atoms with E-state index in [1.165, 1.54) is 0 Å². The Labute approximate surface area is 88.1 Å². The smallest absolute Gasteiger partial charge is 0.0500 e. The van der Waals surface area contributed by atoms with Crippen LogP contribution < -0.4 is 11.5 Å².